The molecule has 0 spiro atoms. The van der Waals surface area contributed by atoms with E-state index < -0.39 is 6.10 Å². The Morgan fingerprint density at radius 3 is 2.74 bits per heavy atom. The van der Waals surface area contributed by atoms with Crippen LogP contribution >= 0.6 is 0 Å². The lowest BCUT2D eigenvalue weighted by Crippen LogP contribution is -2.35. The summed E-state index contributed by atoms with van der Waals surface area (Å²) in [6.07, 6.45) is 6.83. The van der Waals surface area contributed by atoms with Gasteiger partial charge < -0.3 is 10.4 Å². The number of aliphatic hydroxyl groups is 1. The maximum Gasteiger partial charge on any atom is 0.0944 e. The van der Waals surface area contributed by atoms with Crippen LogP contribution in [0.25, 0.3) is 0 Å². The lowest BCUT2D eigenvalue weighted by molar-refractivity contribution is 0.165. The lowest BCUT2D eigenvalue weighted by atomic mass is 9.99. The third-order valence-corrected chi connectivity index (χ3v) is 4.36. The fraction of sp³-hybridized carbons (Fsp3) is 0.800. The molecule has 1 heterocycles. The monoisotopic (exact) mass is 265 g/mol. The first-order valence-corrected chi connectivity index (χ1v) is 7.34. The number of aromatic nitrogens is 2. The van der Waals surface area contributed by atoms with Gasteiger partial charge in [-0.2, -0.15) is 5.10 Å². The molecule has 2 rings (SSSR count). The highest BCUT2D eigenvalue weighted by Gasteiger charge is 2.49. The Balaban J connectivity index is 1.85. The zero-order valence-corrected chi connectivity index (χ0v) is 12.6. The van der Waals surface area contributed by atoms with Crippen molar-refractivity contribution in [3.05, 3.63) is 18.0 Å². The van der Waals surface area contributed by atoms with Gasteiger partial charge in [0.1, 0.15) is 0 Å². The molecule has 3 atom stereocenters. The van der Waals surface area contributed by atoms with E-state index in [-0.39, 0.29) is 0 Å². The standard InChI is InChI=1S/C15H27N3O/c1-5-6-13(12-7-15(12,2)3)16-9-14(19)11-8-17-18(4)10-11/h8,10,12-14,16,19H,5-7,9H2,1-4H3. The zero-order valence-electron chi connectivity index (χ0n) is 12.6. The molecule has 3 unspecified atom stereocenters. The molecule has 108 valence electrons. The summed E-state index contributed by atoms with van der Waals surface area (Å²) in [6, 6.07) is 0.534. The smallest absolute Gasteiger partial charge is 0.0944 e. The summed E-state index contributed by atoms with van der Waals surface area (Å²) in [4.78, 5) is 0. The van der Waals surface area contributed by atoms with E-state index in [4.69, 9.17) is 0 Å². The van der Waals surface area contributed by atoms with E-state index in [2.05, 4.69) is 31.2 Å². The Hall–Kier alpha value is -0.870. The second kappa shape index (κ2) is 5.63. The number of nitrogens with one attached hydrogen (secondary N) is 1. The van der Waals surface area contributed by atoms with E-state index in [1.807, 2.05) is 13.2 Å². The molecule has 0 amide bonds. The summed E-state index contributed by atoms with van der Waals surface area (Å²) < 4.78 is 1.73. The first kappa shape index (κ1) is 14.5. The minimum atomic E-state index is -0.463. The Bertz CT molecular complexity index is 413. The largest absolute Gasteiger partial charge is 0.387 e. The van der Waals surface area contributed by atoms with Gasteiger partial charge in [-0.15, -0.1) is 0 Å². The molecule has 0 aromatic carbocycles. The van der Waals surface area contributed by atoms with Gasteiger partial charge in [0.05, 0.1) is 12.3 Å². The Labute approximate surface area is 116 Å². The van der Waals surface area contributed by atoms with E-state index in [9.17, 15) is 5.11 Å². The van der Waals surface area contributed by atoms with Crippen LogP contribution in [-0.4, -0.2) is 27.5 Å². The van der Waals surface area contributed by atoms with Gasteiger partial charge >= 0.3 is 0 Å². The van der Waals surface area contributed by atoms with Gasteiger partial charge in [-0.3, -0.25) is 4.68 Å². The molecule has 0 aliphatic heterocycles. The van der Waals surface area contributed by atoms with E-state index in [1.165, 1.54) is 19.3 Å². The topological polar surface area (TPSA) is 50.1 Å². The summed E-state index contributed by atoms with van der Waals surface area (Å²) in [5.74, 6) is 0.758. The summed E-state index contributed by atoms with van der Waals surface area (Å²) in [7, 11) is 1.87. The van der Waals surface area contributed by atoms with Crippen LogP contribution in [-0.2, 0) is 7.05 Å². The first-order valence-electron chi connectivity index (χ1n) is 7.34. The van der Waals surface area contributed by atoms with E-state index in [0.29, 0.717) is 18.0 Å². The molecule has 0 saturated heterocycles. The molecular weight excluding hydrogens is 238 g/mol. The van der Waals surface area contributed by atoms with Crippen LogP contribution in [0.4, 0.5) is 0 Å². The lowest BCUT2D eigenvalue weighted by Gasteiger charge is -2.21. The summed E-state index contributed by atoms with van der Waals surface area (Å²) in [5, 5.41) is 17.8. The Morgan fingerprint density at radius 2 is 2.26 bits per heavy atom. The third kappa shape index (κ3) is 3.57. The van der Waals surface area contributed by atoms with Crippen LogP contribution in [0.5, 0.6) is 0 Å². The highest BCUT2D eigenvalue weighted by Crippen LogP contribution is 2.54. The normalized spacial score (nSPS) is 24.2. The van der Waals surface area contributed by atoms with Crippen molar-refractivity contribution in [3.63, 3.8) is 0 Å². The molecule has 0 radical (unpaired) electrons. The molecular formula is C15H27N3O. The van der Waals surface area contributed by atoms with Gasteiger partial charge in [-0.1, -0.05) is 27.2 Å². The highest BCUT2D eigenvalue weighted by atomic mass is 16.3. The SMILES string of the molecule is CCCC(NCC(O)c1cnn(C)c1)C1CC1(C)C. The molecule has 1 fully saturated rings. The van der Waals surface area contributed by atoms with Crippen LogP contribution < -0.4 is 5.32 Å². The van der Waals surface area contributed by atoms with Crippen molar-refractivity contribution in [2.75, 3.05) is 6.54 Å². The molecule has 1 aliphatic rings. The molecule has 0 bridgehead atoms. The van der Waals surface area contributed by atoms with E-state index >= 15 is 0 Å². The van der Waals surface area contributed by atoms with Crippen molar-refractivity contribution < 1.29 is 5.11 Å². The number of hydrogen-bond acceptors (Lipinski definition) is 3. The maximum atomic E-state index is 10.2. The minimum absolute atomic E-state index is 0.463. The second-order valence-electron chi connectivity index (χ2n) is 6.57. The van der Waals surface area contributed by atoms with E-state index in [0.717, 1.165) is 11.5 Å². The number of hydrogen-bond donors (Lipinski definition) is 2. The minimum Gasteiger partial charge on any atom is -0.387 e. The van der Waals surface area contributed by atoms with Crippen molar-refractivity contribution in [2.45, 2.75) is 52.2 Å². The fourth-order valence-electron chi connectivity index (χ4n) is 2.94. The van der Waals surface area contributed by atoms with Gasteiger partial charge in [0.25, 0.3) is 0 Å². The van der Waals surface area contributed by atoms with Crippen LogP contribution in [0.2, 0.25) is 0 Å². The van der Waals surface area contributed by atoms with Crippen LogP contribution in [0, 0.1) is 11.3 Å². The molecule has 1 saturated carbocycles. The molecule has 1 aromatic heterocycles. The van der Waals surface area contributed by atoms with Crippen LogP contribution in [0.3, 0.4) is 0 Å². The zero-order chi connectivity index (χ0) is 14.0. The number of rotatable bonds is 7. The van der Waals surface area contributed by atoms with Crippen LogP contribution in [0.1, 0.15) is 51.7 Å². The third-order valence-electron chi connectivity index (χ3n) is 4.36. The summed E-state index contributed by atoms with van der Waals surface area (Å²) in [5.41, 5.74) is 1.37. The summed E-state index contributed by atoms with van der Waals surface area (Å²) in [6.45, 7) is 7.50. The molecule has 4 heteroatoms. The van der Waals surface area contributed by atoms with Gasteiger partial charge in [-0.05, 0) is 24.2 Å². The average Bonchev–Trinajstić information content (AvgIpc) is 2.77. The average molecular weight is 265 g/mol. The highest BCUT2D eigenvalue weighted by molar-refractivity contribution is 5.09. The first-order chi connectivity index (χ1) is 8.94. The Kier molecular flexibility index (Phi) is 4.31. The molecule has 2 N–H and O–H groups in total. The van der Waals surface area contributed by atoms with Crippen molar-refractivity contribution >= 4 is 0 Å². The predicted octanol–water partition coefficient (Wildman–Crippen LogP) is 2.26. The molecule has 1 aromatic rings. The number of aryl methyl sites for hydroxylation is 1. The predicted molar refractivity (Wildman–Crippen MR) is 76.8 cm³/mol. The maximum absolute atomic E-state index is 10.2. The molecule has 1 aliphatic carbocycles. The second-order valence-corrected chi connectivity index (χ2v) is 6.57. The van der Waals surface area contributed by atoms with Crippen LogP contribution in [0.15, 0.2) is 12.4 Å². The van der Waals surface area contributed by atoms with Crippen molar-refractivity contribution in [2.24, 2.45) is 18.4 Å². The van der Waals surface area contributed by atoms with Crippen molar-refractivity contribution in [3.8, 4) is 0 Å². The fourth-order valence-corrected chi connectivity index (χ4v) is 2.94. The van der Waals surface area contributed by atoms with Crippen molar-refractivity contribution in [1.82, 2.24) is 15.1 Å². The number of aliphatic hydroxyl groups excluding tert-OH is 1. The van der Waals surface area contributed by atoms with Crippen molar-refractivity contribution in [1.29, 1.82) is 0 Å². The molecule has 4 nitrogen and oxygen atoms in total. The summed E-state index contributed by atoms with van der Waals surface area (Å²) >= 11 is 0. The number of nitrogens with zero attached hydrogens (tertiary/aromatic N) is 2. The van der Waals surface area contributed by atoms with E-state index in [1.54, 1.807) is 10.9 Å². The molecule has 19 heavy (non-hydrogen) atoms. The van der Waals surface area contributed by atoms with Gasteiger partial charge in [0.15, 0.2) is 0 Å². The quantitative estimate of drug-likeness (QED) is 0.795. The van der Waals surface area contributed by atoms with Gasteiger partial charge in [0, 0.05) is 31.4 Å². The van der Waals surface area contributed by atoms with Gasteiger partial charge in [-0.25, -0.2) is 0 Å². The van der Waals surface area contributed by atoms with Gasteiger partial charge in [0.2, 0.25) is 0 Å². The Morgan fingerprint density at radius 1 is 1.58 bits per heavy atom.